The number of hydrogen-bond donors (Lipinski definition) is 1. The van der Waals surface area contributed by atoms with Gasteiger partial charge < -0.3 is 9.84 Å². The van der Waals surface area contributed by atoms with Crippen molar-refractivity contribution in [1.29, 1.82) is 0 Å². The number of aliphatic hydroxyl groups excluding tert-OH is 1. The van der Waals surface area contributed by atoms with Gasteiger partial charge in [0.05, 0.1) is 36.6 Å². The third-order valence-electron chi connectivity index (χ3n) is 5.10. The van der Waals surface area contributed by atoms with Crippen LogP contribution in [-0.2, 0) is 6.54 Å². The molecule has 31 heavy (non-hydrogen) atoms. The minimum atomic E-state index is -0.915. The number of rotatable bonds is 4. The molecule has 3 aromatic heterocycles. The molecule has 156 valence electrons. The van der Waals surface area contributed by atoms with Crippen LogP contribution in [0.15, 0.2) is 64.9 Å². The van der Waals surface area contributed by atoms with Gasteiger partial charge in [-0.3, -0.25) is 4.57 Å². The molecule has 1 aromatic carbocycles. The summed E-state index contributed by atoms with van der Waals surface area (Å²) in [6.45, 7) is 2.14. The van der Waals surface area contributed by atoms with Crippen LogP contribution in [-0.4, -0.2) is 48.3 Å². The summed E-state index contributed by atoms with van der Waals surface area (Å²) in [4.78, 5) is 21.9. The van der Waals surface area contributed by atoms with Crippen molar-refractivity contribution in [1.82, 2.24) is 24.1 Å². The van der Waals surface area contributed by atoms with E-state index < -0.39 is 6.23 Å². The quantitative estimate of drug-likeness (QED) is 0.537. The number of pyridine rings is 1. The molecule has 0 fully saturated rings. The standard InChI is InChI=1S/C21H19N7O3/c1-13-3-8-18(29)27(25-13)15-9-17-19(22-10-15)26(21(30)28-20(17)23-12-24-28)11-14-4-6-16(31-2)7-5-14/h3-10,12,18,29H,11H2,1-2H3. The Hall–Kier alpha value is -4.05. The lowest BCUT2D eigenvalue weighted by molar-refractivity contribution is 0.216. The normalized spacial score (nSPS) is 16.2. The highest BCUT2D eigenvalue weighted by Crippen LogP contribution is 2.25. The van der Waals surface area contributed by atoms with E-state index in [0.29, 0.717) is 28.9 Å². The van der Waals surface area contributed by atoms with E-state index in [1.165, 1.54) is 15.9 Å². The summed E-state index contributed by atoms with van der Waals surface area (Å²) in [5.74, 6) is 0.737. The Morgan fingerprint density at radius 3 is 2.74 bits per heavy atom. The number of anilines is 1. The molecule has 0 saturated carbocycles. The summed E-state index contributed by atoms with van der Waals surface area (Å²) in [5, 5.41) is 20.9. The zero-order chi connectivity index (χ0) is 21.5. The monoisotopic (exact) mass is 417 g/mol. The highest BCUT2D eigenvalue weighted by molar-refractivity contribution is 5.95. The molecular weight excluding hydrogens is 398 g/mol. The average Bonchev–Trinajstić information content (AvgIpc) is 3.29. The largest absolute Gasteiger partial charge is 0.497 e. The number of hydrazone groups is 1. The van der Waals surface area contributed by atoms with E-state index in [4.69, 9.17) is 4.74 Å². The molecule has 0 aliphatic carbocycles. The number of benzene rings is 1. The van der Waals surface area contributed by atoms with Gasteiger partial charge in [0.25, 0.3) is 0 Å². The fourth-order valence-corrected chi connectivity index (χ4v) is 3.56. The maximum atomic E-state index is 13.1. The first kappa shape index (κ1) is 18.9. The van der Waals surface area contributed by atoms with Crippen molar-refractivity contribution in [3.05, 3.63) is 71.1 Å². The molecule has 1 N–H and O–H groups in total. The Morgan fingerprint density at radius 1 is 1.16 bits per heavy atom. The van der Waals surface area contributed by atoms with Gasteiger partial charge in [0.15, 0.2) is 11.9 Å². The first-order valence-electron chi connectivity index (χ1n) is 9.61. The van der Waals surface area contributed by atoms with E-state index in [9.17, 15) is 9.90 Å². The Labute approximate surface area is 176 Å². The molecule has 0 spiro atoms. The van der Waals surface area contributed by atoms with Crippen molar-refractivity contribution in [2.24, 2.45) is 5.10 Å². The van der Waals surface area contributed by atoms with Gasteiger partial charge in [-0.2, -0.15) is 14.7 Å². The molecule has 10 nitrogen and oxygen atoms in total. The van der Waals surface area contributed by atoms with Gasteiger partial charge in [-0.05, 0) is 42.8 Å². The molecule has 0 radical (unpaired) electrons. The van der Waals surface area contributed by atoms with Crippen LogP contribution in [0.4, 0.5) is 5.69 Å². The van der Waals surface area contributed by atoms with E-state index in [1.54, 1.807) is 36.1 Å². The molecule has 5 rings (SSSR count). The fourth-order valence-electron chi connectivity index (χ4n) is 3.56. The number of aliphatic hydroxyl groups is 1. The molecule has 1 aliphatic heterocycles. The summed E-state index contributed by atoms with van der Waals surface area (Å²) in [6, 6.07) is 9.27. The van der Waals surface area contributed by atoms with Gasteiger partial charge in [-0.25, -0.2) is 19.8 Å². The Kier molecular flexibility index (Phi) is 4.48. The van der Waals surface area contributed by atoms with Crippen LogP contribution in [0.25, 0.3) is 16.7 Å². The molecule has 0 bridgehead atoms. The van der Waals surface area contributed by atoms with Gasteiger partial charge in [0.1, 0.15) is 17.7 Å². The number of hydrogen-bond acceptors (Lipinski definition) is 8. The number of allylic oxidation sites excluding steroid dienone is 1. The molecule has 4 heterocycles. The number of nitrogens with zero attached hydrogens (tertiary/aromatic N) is 7. The van der Waals surface area contributed by atoms with Crippen molar-refractivity contribution in [3.8, 4) is 5.75 Å². The summed E-state index contributed by atoms with van der Waals surface area (Å²) >= 11 is 0. The van der Waals surface area contributed by atoms with Gasteiger partial charge in [0.2, 0.25) is 0 Å². The van der Waals surface area contributed by atoms with Crippen LogP contribution in [0, 0.1) is 0 Å². The topological polar surface area (TPSA) is 110 Å². The van der Waals surface area contributed by atoms with Crippen LogP contribution in [0.3, 0.4) is 0 Å². The van der Waals surface area contributed by atoms with Crippen molar-refractivity contribution < 1.29 is 9.84 Å². The average molecular weight is 417 g/mol. The lowest BCUT2D eigenvalue weighted by Crippen LogP contribution is -2.32. The van der Waals surface area contributed by atoms with E-state index in [1.807, 2.05) is 31.2 Å². The van der Waals surface area contributed by atoms with Gasteiger partial charge >= 0.3 is 5.69 Å². The van der Waals surface area contributed by atoms with E-state index >= 15 is 0 Å². The molecule has 1 unspecified atom stereocenters. The molecule has 10 heteroatoms. The van der Waals surface area contributed by atoms with Crippen LogP contribution in [0.5, 0.6) is 5.75 Å². The second-order valence-corrected chi connectivity index (χ2v) is 7.14. The van der Waals surface area contributed by atoms with Crippen molar-refractivity contribution in [2.45, 2.75) is 19.7 Å². The minimum Gasteiger partial charge on any atom is -0.497 e. The Bertz CT molecular complexity index is 1400. The molecule has 4 aromatic rings. The van der Waals surface area contributed by atoms with Crippen LogP contribution >= 0.6 is 0 Å². The van der Waals surface area contributed by atoms with Gasteiger partial charge in [0, 0.05) is 0 Å². The Morgan fingerprint density at radius 2 is 1.97 bits per heavy atom. The number of methoxy groups -OCH3 is 1. The lowest BCUT2D eigenvalue weighted by atomic mass is 10.2. The second kappa shape index (κ2) is 7.33. The number of ether oxygens (including phenoxy) is 1. The van der Waals surface area contributed by atoms with Crippen LogP contribution in [0.2, 0.25) is 0 Å². The third kappa shape index (κ3) is 3.22. The zero-order valence-electron chi connectivity index (χ0n) is 16.9. The number of aromatic nitrogens is 5. The molecule has 1 aliphatic rings. The fraction of sp³-hybridized carbons (Fsp3) is 0.190. The number of fused-ring (bicyclic) bond motifs is 3. The van der Waals surface area contributed by atoms with E-state index in [0.717, 1.165) is 17.0 Å². The molecule has 0 amide bonds. The lowest BCUT2D eigenvalue weighted by Gasteiger charge is -2.26. The minimum absolute atomic E-state index is 0.299. The first-order chi connectivity index (χ1) is 15.0. The predicted molar refractivity (Wildman–Crippen MR) is 115 cm³/mol. The smallest absolute Gasteiger partial charge is 0.352 e. The second-order valence-electron chi connectivity index (χ2n) is 7.14. The SMILES string of the molecule is COc1ccc(Cn2c(=O)n3ncnc3c3cc(N4N=C(C)C=CC4O)cnc32)cc1. The van der Waals surface area contributed by atoms with Gasteiger partial charge in [-0.1, -0.05) is 12.1 Å². The third-order valence-corrected chi connectivity index (χ3v) is 5.10. The molecule has 1 atom stereocenters. The first-order valence-corrected chi connectivity index (χ1v) is 9.61. The highest BCUT2D eigenvalue weighted by atomic mass is 16.5. The maximum absolute atomic E-state index is 13.1. The van der Waals surface area contributed by atoms with Gasteiger partial charge in [-0.15, -0.1) is 0 Å². The Balaban J connectivity index is 1.67. The highest BCUT2D eigenvalue weighted by Gasteiger charge is 2.20. The molecular formula is C21H19N7O3. The van der Waals surface area contributed by atoms with Crippen molar-refractivity contribution in [3.63, 3.8) is 0 Å². The van der Waals surface area contributed by atoms with E-state index in [2.05, 4.69) is 20.2 Å². The van der Waals surface area contributed by atoms with Crippen molar-refractivity contribution >= 4 is 28.1 Å². The summed E-state index contributed by atoms with van der Waals surface area (Å²) < 4.78 is 8.00. The summed E-state index contributed by atoms with van der Waals surface area (Å²) in [6.07, 6.45) is 5.39. The van der Waals surface area contributed by atoms with E-state index in [-0.39, 0.29) is 5.69 Å². The summed E-state index contributed by atoms with van der Waals surface area (Å²) in [5.41, 5.74) is 2.75. The zero-order valence-corrected chi connectivity index (χ0v) is 16.9. The summed E-state index contributed by atoms with van der Waals surface area (Å²) in [7, 11) is 1.60. The van der Waals surface area contributed by atoms with Crippen LogP contribution in [0.1, 0.15) is 12.5 Å². The molecule has 0 saturated heterocycles. The maximum Gasteiger partial charge on any atom is 0.352 e. The van der Waals surface area contributed by atoms with Crippen LogP contribution < -0.4 is 15.4 Å². The predicted octanol–water partition coefficient (Wildman–Crippen LogP) is 1.57. The van der Waals surface area contributed by atoms with Crippen molar-refractivity contribution in [2.75, 3.05) is 12.1 Å².